The number of imidazole rings is 1. The maximum atomic E-state index is 5.62. The van der Waals surface area contributed by atoms with E-state index >= 15 is 0 Å². The Kier molecular flexibility index (Phi) is 5.42. The molecule has 0 saturated heterocycles. The third-order valence-corrected chi connectivity index (χ3v) is 3.34. The van der Waals surface area contributed by atoms with Gasteiger partial charge in [-0.05, 0) is 24.3 Å². The van der Waals surface area contributed by atoms with Crippen LogP contribution in [0.3, 0.4) is 0 Å². The van der Waals surface area contributed by atoms with Gasteiger partial charge in [-0.3, -0.25) is 0 Å². The summed E-state index contributed by atoms with van der Waals surface area (Å²) in [5.74, 6) is 2.00. The number of hydrogen-bond donors (Lipinski definition) is 1. The van der Waals surface area contributed by atoms with Crippen molar-refractivity contribution in [2.45, 2.75) is 6.42 Å². The Labute approximate surface area is 121 Å². The predicted molar refractivity (Wildman–Crippen MR) is 79.4 cm³/mol. The highest BCUT2D eigenvalue weighted by Crippen LogP contribution is 2.15. The molecule has 2 rings (SSSR count). The number of benzene rings is 1. The molecule has 5 heteroatoms. The minimum absolute atomic E-state index is 0.669. The molecule has 2 aromatic rings. The summed E-state index contributed by atoms with van der Waals surface area (Å²) < 4.78 is 8.72. The molecule has 0 bridgehead atoms. The topological polar surface area (TPSA) is 39.1 Å². The van der Waals surface area contributed by atoms with Crippen LogP contribution >= 0.6 is 15.9 Å². The summed E-state index contributed by atoms with van der Waals surface area (Å²) in [7, 11) is 2.01. The molecule has 0 fully saturated rings. The Bertz CT molecular complexity index is 496. The summed E-state index contributed by atoms with van der Waals surface area (Å²) >= 11 is 3.40. The molecule has 4 nitrogen and oxygen atoms in total. The van der Waals surface area contributed by atoms with E-state index in [9.17, 15) is 0 Å². The van der Waals surface area contributed by atoms with Crippen LogP contribution in [0.4, 0.5) is 0 Å². The number of ether oxygens (including phenoxy) is 1. The van der Waals surface area contributed by atoms with Gasteiger partial charge in [0.2, 0.25) is 0 Å². The van der Waals surface area contributed by atoms with Crippen LogP contribution in [0.1, 0.15) is 5.82 Å². The summed E-state index contributed by atoms with van der Waals surface area (Å²) in [5, 5.41) is 3.34. The van der Waals surface area contributed by atoms with Crippen molar-refractivity contribution in [2.24, 2.45) is 7.05 Å². The van der Waals surface area contributed by atoms with Gasteiger partial charge >= 0.3 is 0 Å². The van der Waals surface area contributed by atoms with Crippen LogP contribution in [-0.4, -0.2) is 29.2 Å². The lowest BCUT2D eigenvalue weighted by atomic mass is 10.3. The Morgan fingerprint density at radius 3 is 2.74 bits per heavy atom. The van der Waals surface area contributed by atoms with Crippen LogP contribution in [0.15, 0.2) is 41.1 Å². The Morgan fingerprint density at radius 2 is 2.05 bits per heavy atom. The average molecular weight is 324 g/mol. The molecule has 1 heterocycles. The van der Waals surface area contributed by atoms with Gasteiger partial charge in [-0.1, -0.05) is 15.9 Å². The van der Waals surface area contributed by atoms with E-state index in [1.54, 1.807) is 0 Å². The van der Waals surface area contributed by atoms with Crippen molar-refractivity contribution in [3.05, 3.63) is 47.0 Å². The second-order valence-corrected chi connectivity index (χ2v) is 5.17. The number of aryl methyl sites for hydroxylation is 1. The minimum Gasteiger partial charge on any atom is -0.492 e. The molecule has 102 valence electrons. The standard InChI is InChI=1S/C14H18BrN3O/c1-18-10-8-17-14(18)6-7-16-9-11-19-13-4-2-12(15)3-5-13/h2-5,8,10,16H,6-7,9,11H2,1H3. The quantitative estimate of drug-likeness (QED) is 0.795. The summed E-state index contributed by atoms with van der Waals surface area (Å²) in [6, 6.07) is 7.86. The summed E-state index contributed by atoms with van der Waals surface area (Å²) in [5.41, 5.74) is 0. The molecule has 1 aromatic carbocycles. The monoisotopic (exact) mass is 323 g/mol. The molecule has 1 aromatic heterocycles. The smallest absolute Gasteiger partial charge is 0.119 e. The molecular weight excluding hydrogens is 306 g/mol. The Morgan fingerprint density at radius 1 is 1.26 bits per heavy atom. The van der Waals surface area contributed by atoms with E-state index in [4.69, 9.17) is 4.74 Å². The first-order chi connectivity index (χ1) is 9.25. The van der Waals surface area contributed by atoms with Gasteiger partial charge in [-0.25, -0.2) is 4.98 Å². The molecule has 0 atom stereocenters. The van der Waals surface area contributed by atoms with E-state index in [0.29, 0.717) is 6.61 Å². The van der Waals surface area contributed by atoms with E-state index < -0.39 is 0 Å². The second-order valence-electron chi connectivity index (χ2n) is 4.26. The van der Waals surface area contributed by atoms with Crippen LogP contribution in [0.25, 0.3) is 0 Å². The zero-order valence-electron chi connectivity index (χ0n) is 11.0. The SMILES string of the molecule is Cn1ccnc1CCNCCOc1ccc(Br)cc1. The molecule has 1 N–H and O–H groups in total. The molecule has 0 spiro atoms. The highest BCUT2D eigenvalue weighted by molar-refractivity contribution is 9.10. The van der Waals surface area contributed by atoms with Gasteiger partial charge in [0.15, 0.2) is 0 Å². The fourth-order valence-electron chi connectivity index (χ4n) is 1.73. The second kappa shape index (κ2) is 7.31. The number of nitrogens with one attached hydrogen (secondary N) is 1. The van der Waals surface area contributed by atoms with E-state index in [1.165, 1.54) is 0 Å². The molecule has 0 aliphatic heterocycles. The third kappa shape index (κ3) is 4.69. The van der Waals surface area contributed by atoms with Crippen molar-refractivity contribution in [1.29, 1.82) is 0 Å². The maximum Gasteiger partial charge on any atom is 0.119 e. The van der Waals surface area contributed by atoms with Gasteiger partial charge < -0.3 is 14.6 Å². The van der Waals surface area contributed by atoms with Crippen molar-refractivity contribution < 1.29 is 4.74 Å². The minimum atomic E-state index is 0.669. The first kappa shape index (κ1) is 14.1. The fraction of sp³-hybridized carbons (Fsp3) is 0.357. The highest BCUT2D eigenvalue weighted by atomic mass is 79.9. The number of nitrogens with zero attached hydrogens (tertiary/aromatic N) is 2. The summed E-state index contributed by atoms with van der Waals surface area (Å²) in [4.78, 5) is 4.28. The van der Waals surface area contributed by atoms with Crippen LogP contribution in [0.5, 0.6) is 5.75 Å². The van der Waals surface area contributed by atoms with Crippen LogP contribution in [-0.2, 0) is 13.5 Å². The fourth-order valence-corrected chi connectivity index (χ4v) is 2.00. The van der Waals surface area contributed by atoms with E-state index in [1.807, 2.05) is 48.3 Å². The molecule has 0 saturated carbocycles. The number of aromatic nitrogens is 2. The van der Waals surface area contributed by atoms with E-state index in [-0.39, 0.29) is 0 Å². The van der Waals surface area contributed by atoms with Crippen molar-refractivity contribution in [1.82, 2.24) is 14.9 Å². The van der Waals surface area contributed by atoms with Crippen molar-refractivity contribution in [3.8, 4) is 5.75 Å². The first-order valence-corrected chi connectivity index (χ1v) is 7.10. The predicted octanol–water partition coefficient (Wildman–Crippen LogP) is 2.39. The molecule has 19 heavy (non-hydrogen) atoms. The third-order valence-electron chi connectivity index (χ3n) is 2.81. The van der Waals surface area contributed by atoms with Gasteiger partial charge in [-0.2, -0.15) is 0 Å². The number of halogens is 1. The number of rotatable bonds is 7. The van der Waals surface area contributed by atoms with Gasteiger partial charge in [0, 0.05) is 43.4 Å². The van der Waals surface area contributed by atoms with Crippen molar-refractivity contribution in [3.63, 3.8) is 0 Å². The summed E-state index contributed by atoms with van der Waals surface area (Å²) in [6.45, 7) is 2.41. The normalized spacial score (nSPS) is 10.6. The highest BCUT2D eigenvalue weighted by Gasteiger charge is 1.98. The zero-order valence-corrected chi connectivity index (χ0v) is 12.6. The maximum absolute atomic E-state index is 5.62. The molecule has 0 aliphatic rings. The first-order valence-electron chi connectivity index (χ1n) is 6.31. The zero-order chi connectivity index (χ0) is 13.5. The Hall–Kier alpha value is -1.33. The lowest BCUT2D eigenvalue weighted by Crippen LogP contribution is -2.24. The number of hydrogen-bond acceptors (Lipinski definition) is 3. The molecule has 0 aliphatic carbocycles. The van der Waals surface area contributed by atoms with E-state index in [2.05, 4.69) is 26.2 Å². The van der Waals surface area contributed by atoms with Crippen molar-refractivity contribution in [2.75, 3.05) is 19.7 Å². The van der Waals surface area contributed by atoms with Crippen LogP contribution in [0.2, 0.25) is 0 Å². The van der Waals surface area contributed by atoms with E-state index in [0.717, 1.165) is 35.6 Å². The molecular formula is C14H18BrN3O. The Balaban J connectivity index is 1.57. The van der Waals surface area contributed by atoms with Gasteiger partial charge in [0.1, 0.15) is 18.2 Å². The lowest BCUT2D eigenvalue weighted by molar-refractivity contribution is 0.314. The molecule has 0 amide bonds. The molecule has 0 unspecified atom stereocenters. The van der Waals surface area contributed by atoms with Crippen LogP contribution < -0.4 is 10.1 Å². The van der Waals surface area contributed by atoms with Crippen molar-refractivity contribution >= 4 is 15.9 Å². The van der Waals surface area contributed by atoms with Gasteiger partial charge in [0.25, 0.3) is 0 Å². The summed E-state index contributed by atoms with van der Waals surface area (Å²) in [6.07, 6.45) is 4.72. The lowest BCUT2D eigenvalue weighted by Gasteiger charge is -2.07. The van der Waals surface area contributed by atoms with Gasteiger partial charge in [-0.15, -0.1) is 0 Å². The van der Waals surface area contributed by atoms with Gasteiger partial charge in [0.05, 0.1) is 0 Å². The largest absolute Gasteiger partial charge is 0.492 e. The van der Waals surface area contributed by atoms with Crippen LogP contribution in [0, 0.1) is 0 Å². The molecule has 0 radical (unpaired) electrons. The average Bonchev–Trinajstić information content (AvgIpc) is 2.81.